The van der Waals surface area contributed by atoms with Crippen molar-refractivity contribution in [2.75, 3.05) is 18.5 Å². The maximum Gasteiger partial charge on any atom is 0.341 e. The van der Waals surface area contributed by atoms with E-state index in [0.717, 1.165) is 36.0 Å². The van der Waals surface area contributed by atoms with Crippen molar-refractivity contribution in [3.63, 3.8) is 0 Å². The second-order valence-corrected chi connectivity index (χ2v) is 7.91. The van der Waals surface area contributed by atoms with E-state index in [0.29, 0.717) is 27.8 Å². The third-order valence-electron chi connectivity index (χ3n) is 4.63. The predicted octanol–water partition coefficient (Wildman–Crippen LogP) is 3.88. The Hall–Kier alpha value is -2.67. The van der Waals surface area contributed by atoms with Gasteiger partial charge in [-0.1, -0.05) is 6.92 Å². The number of amides is 1. The van der Waals surface area contributed by atoms with Gasteiger partial charge in [-0.2, -0.15) is 0 Å². The van der Waals surface area contributed by atoms with E-state index in [1.807, 2.05) is 0 Å². The molecular weight excluding hydrogens is 378 g/mol. The number of anilines is 1. The highest BCUT2D eigenvalue weighted by molar-refractivity contribution is 7.17. The maximum atomic E-state index is 12.5. The van der Waals surface area contributed by atoms with Crippen LogP contribution in [0.25, 0.3) is 0 Å². The number of aldehydes is 1. The van der Waals surface area contributed by atoms with Gasteiger partial charge in [0.05, 0.1) is 12.2 Å². The average molecular weight is 401 g/mol. The van der Waals surface area contributed by atoms with Gasteiger partial charge < -0.3 is 14.8 Å². The lowest BCUT2D eigenvalue weighted by Gasteiger charge is -2.18. The van der Waals surface area contributed by atoms with E-state index in [1.165, 1.54) is 11.3 Å². The number of ether oxygens (including phenoxy) is 2. The summed E-state index contributed by atoms with van der Waals surface area (Å²) >= 11 is 1.45. The molecule has 0 aliphatic heterocycles. The summed E-state index contributed by atoms with van der Waals surface area (Å²) < 4.78 is 10.7. The van der Waals surface area contributed by atoms with Gasteiger partial charge in [0, 0.05) is 10.4 Å². The van der Waals surface area contributed by atoms with Gasteiger partial charge in [-0.3, -0.25) is 9.59 Å². The van der Waals surface area contributed by atoms with E-state index in [1.54, 1.807) is 31.2 Å². The lowest BCUT2D eigenvalue weighted by molar-refractivity contribution is -0.118. The molecule has 2 aromatic rings. The molecule has 28 heavy (non-hydrogen) atoms. The Kier molecular flexibility index (Phi) is 6.46. The Balaban J connectivity index is 1.72. The smallest absolute Gasteiger partial charge is 0.341 e. The highest BCUT2D eigenvalue weighted by atomic mass is 32.1. The zero-order chi connectivity index (χ0) is 20.1. The largest absolute Gasteiger partial charge is 0.484 e. The zero-order valence-electron chi connectivity index (χ0n) is 15.9. The number of fused-ring (bicyclic) bond motifs is 1. The number of carbonyl (C=O) groups is 3. The minimum absolute atomic E-state index is 0.193. The second-order valence-electron chi connectivity index (χ2n) is 6.80. The van der Waals surface area contributed by atoms with Gasteiger partial charge in [0.2, 0.25) is 0 Å². The van der Waals surface area contributed by atoms with E-state index in [9.17, 15) is 14.4 Å². The summed E-state index contributed by atoms with van der Waals surface area (Å²) in [5.74, 6) is 0.306. The number of hydrogen-bond acceptors (Lipinski definition) is 6. The van der Waals surface area contributed by atoms with Crippen LogP contribution in [0.15, 0.2) is 24.3 Å². The molecule has 1 N–H and O–H groups in total. The van der Waals surface area contributed by atoms with Crippen molar-refractivity contribution in [3.8, 4) is 5.75 Å². The molecule has 0 fully saturated rings. The van der Waals surface area contributed by atoms with E-state index in [2.05, 4.69) is 12.2 Å². The summed E-state index contributed by atoms with van der Waals surface area (Å²) in [6.07, 6.45) is 3.48. The number of carbonyl (C=O) groups excluding carboxylic acids is 3. The van der Waals surface area contributed by atoms with Gasteiger partial charge in [-0.25, -0.2) is 4.79 Å². The fraction of sp³-hybridized carbons (Fsp3) is 0.381. The molecule has 148 valence electrons. The first-order chi connectivity index (χ1) is 13.5. The first-order valence-corrected chi connectivity index (χ1v) is 10.1. The molecule has 0 bridgehead atoms. The highest BCUT2D eigenvalue weighted by Crippen LogP contribution is 2.40. The number of thiophene rings is 1. The number of benzene rings is 1. The quantitative estimate of drug-likeness (QED) is 0.562. The maximum absolute atomic E-state index is 12.5. The molecule has 0 saturated heterocycles. The lowest BCUT2D eigenvalue weighted by atomic mass is 9.88. The third kappa shape index (κ3) is 4.59. The van der Waals surface area contributed by atoms with Crippen LogP contribution in [0.5, 0.6) is 5.75 Å². The average Bonchev–Trinajstić information content (AvgIpc) is 3.03. The van der Waals surface area contributed by atoms with E-state index >= 15 is 0 Å². The Labute approximate surface area is 167 Å². The van der Waals surface area contributed by atoms with Gasteiger partial charge in [0.25, 0.3) is 5.91 Å². The number of rotatable bonds is 7. The van der Waals surface area contributed by atoms with Crippen molar-refractivity contribution < 1.29 is 23.9 Å². The fourth-order valence-corrected chi connectivity index (χ4v) is 4.63. The molecule has 1 aromatic heterocycles. The molecule has 1 amide bonds. The molecule has 0 spiro atoms. The van der Waals surface area contributed by atoms with Crippen molar-refractivity contribution in [3.05, 3.63) is 45.8 Å². The second kappa shape index (κ2) is 9.01. The van der Waals surface area contributed by atoms with Gasteiger partial charge in [-0.15, -0.1) is 11.3 Å². The van der Waals surface area contributed by atoms with Crippen molar-refractivity contribution in [2.45, 2.75) is 33.1 Å². The normalized spacial score (nSPS) is 15.4. The molecule has 1 unspecified atom stereocenters. The van der Waals surface area contributed by atoms with Crippen molar-refractivity contribution >= 4 is 34.5 Å². The molecule has 1 aliphatic carbocycles. The SMILES string of the molecule is CCOC(=O)c1c(NC(=O)COc2ccc(C=O)cc2)sc2c1CCC(C)C2. The molecule has 0 saturated carbocycles. The molecule has 7 heteroatoms. The summed E-state index contributed by atoms with van der Waals surface area (Å²) in [6.45, 7) is 4.05. The Morgan fingerprint density at radius 2 is 2.04 bits per heavy atom. The van der Waals surface area contributed by atoms with Gasteiger partial charge in [0.1, 0.15) is 17.0 Å². The van der Waals surface area contributed by atoms with Crippen LogP contribution in [0.1, 0.15) is 51.4 Å². The van der Waals surface area contributed by atoms with Gasteiger partial charge in [0.15, 0.2) is 6.61 Å². The van der Waals surface area contributed by atoms with Crippen LogP contribution in [-0.4, -0.2) is 31.4 Å². The molecule has 1 aromatic carbocycles. The minimum Gasteiger partial charge on any atom is -0.484 e. The van der Waals surface area contributed by atoms with Crippen LogP contribution in [0.2, 0.25) is 0 Å². The summed E-state index contributed by atoms with van der Waals surface area (Å²) in [7, 11) is 0. The summed E-state index contributed by atoms with van der Waals surface area (Å²) in [5, 5.41) is 3.34. The third-order valence-corrected chi connectivity index (χ3v) is 5.80. The highest BCUT2D eigenvalue weighted by Gasteiger charge is 2.29. The standard InChI is InChI=1S/C21H23NO5S/c1-3-26-21(25)19-16-9-4-13(2)10-17(16)28-20(19)22-18(24)12-27-15-7-5-14(11-23)6-8-15/h5-8,11,13H,3-4,9-10,12H2,1-2H3,(H,22,24). The predicted molar refractivity (Wildman–Crippen MR) is 107 cm³/mol. The monoisotopic (exact) mass is 401 g/mol. The zero-order valence-corrected chi connectivity index (χ0v) is 16.8. The first-order valence-electron chi connectivity index (χ1n) is 9.31. The van der Waals surface area contributed by atoms with E-state index < -0.39 is 5.97 Å². The molecule has 3 rings (SSSR count). The fourth-order valence-electron chi connectivity index (χ4n) is 3.21. The Bertz CT molecular complexity index is 872. The topological polar surface area (TPSA) is 81.7 Å². The number of nitrogens with one attached hydrogen (secondary N) is 1. The van der Waals surface area contributed by atoms with Crippen LogP contribution in [-0.2, 0) is 22.4 Å². The van der Waals surface area contributed by atoms with Crippen molar-refractivity contribution in [2.24, 2.45) is 5.92 Å². The Morgan fingerprint density at radius 1 is 1.29 bits per heavy atom. The first kappa shape index (κ1) is 20.1. The summed E-state index contributed by atoms with van der Waals surface area (Å²) in [6, 6.07) is 6.50. The summed E-state index contributed by atoms with van der Waals surface area (Å²) in [5.41, 5.74) is 2.02. The van der Waals surface area contributed by atoms with Crippen LogP contribution in [0.4, 0.5) is 5.00 Å². The molecular formula is C21H23NO5S. The Morgan fingerprint density at radius 3 is 2.71 bits per heavy atom. The number of hydrogen-bond donors (Lipinski definition) is 1. The number of esters is 1. The molecule has 6 nitrogen and oxygen atoms in total. The van der Waals surface area contributed by atoms with Crippen molar-refractivity contribution in [1.29, 1.82) is 0 Å². The molecule has 1 aliphatic rings. The summed E-state index contributed by atoms with van der Waals surface area (Å²) in [4.78, 5) is 36.7. The van der Waals surface area contributed by atoms with E-state index in [4.69, 9.17) is 9.47 Å². The molecule has 1 atom stereocenters. The minimum atomic E-state index is -0.393. The lowest BCUT2D eigenvalue weighted by Crippen LogP contribution is -2.21. The van der Waals surface area contributed by atoms with Crippen LogP contribution < -0.4 is 10.1 Å². The molecule has 1 heterocycles. The van der Waals surface area contributed by atoms with Crippen LogP contribution >= 0.6 is 11.3 Å². The van der Waals surface area contributed by atoms with Gasteiger partial charge in [-0.05, 0) is 61.9 Å². The molecule has 0 radical (unpaired) electrons. The van der Waals surface area contributed by atoms with Crippen molar-refractivity contribution in [1.82, 2.24) is 0 Å². The van der Waals surface area contributed by atoms with Crippen LogP contribution in [0.3, 0.4) is 0 Å². The van der Waals surface area contributed by atoms with Crippen LogP contribution in [0, 0.1) is 5.92 Å². The van der Waals surface area contributed by atoms with Gasteiger partial charge >= 0.3 is 5.97 Å². The van der Waals surface area contributed by atoms with E-state index in [-0.39, 0.29) is 19.1 Å².